The van der Waals surface area contributed by atoms with Gasteiger partial charge in [-0.2, -0.15) is 0 Å². The Kier molecular flexibility index (Phi) is 5.16. The first-order valence-corrected chi connectivity index (χ1v) is 8.31. The smallest absolute Gasteiger partial charge is 0.318 e. The van der Waals surface area contributed by atoms with Crippen molar-refractivity contribution in [3.63, 3.8) is 0 Å². The van der Waals surface area contributed by atoms with Gasteiger partial charge in [-0.25, -0.2) is 9.78 Å². The summed E-state index contributed by atoms with van der Waals surface area (Å²) < 4.78 is 1.28. The van der Waals surface area contributed by atoms with Gasteiger partial charge in [0, 0.05) is 18.4 Å². The van der Waals surface area contributed by atoms with Crippen molar-refractivity contribution in [2.45, 2.75) is 13.5 Å². The van der Waals surface area contributed by atoms with Crippen molar-refractivity contribution in [1.29, 1.82) is 0 Å². The van der Waals surface area contributed by atoms with E-state index in [4.69, 9.17) is 0 Å². The molecule has 3 rings (SSSR count). The topological polar surface area (TPSA) is 105 Å². The van der Waals surface area contributed by atoms with Gasteiger partial charge in [0.2, 0.25) is 5.91 Å². The largest absolute Gasteiger partial charge is 0.341 e. The van der Waals surface area contributed by atoms with Crippen LogP contribution >= 0.6 is 0 Å². The summed E-state index contributed by atoms with van der Waals surface area (Å²) >= 11 is 0. The second kappa shape index (κ2) is 7.69. The van der Waals surface area contributed by atoms with E-state index < -0.39 is 0 Å². The summed E-state index contributed by atoms with van der Waals surface area (Å²) in [5, 5.41) is 8.27. The van der Waals surface area contributed by atoms with E-state index in [9.17, 15) is 14.4 Å². The number of carbonyl (C=O) groups is 2. The average Bonchev–Trinajstić information content (AvgIpc) is 2.66. The van der Waals surface area contributed by atoms with Gasteiger partial charge in [0.05, 0.1) is 17.2 Å². The van der Waals surface area contributed by atoms with E-state index in [1.807, 2.05) is 13.0 Å². The molecule has 2 aromatic carbocycles. The van der Waals surface area contributed by atoms with Crippen LogP contribution in [0.2, 0.25) is 0 Å². The van der Waals surface area contributed by atoms with Gasteiger partial charge in [0.1, 0.15) is 6.54 Å². The number of aromatic nitrogens is 2. The minimum absolute atomic E-state index is 0.145. The lowest BCUT2D eigenvalue weighted by atomic mass is 10.1. The molecule has 0 aliphatic carbocycles. The molecule has 138 valence electrons. The molecule has 8 nitrogen and oxygen atoms in total. The number of amides is 3. The van der Waals surface area contributed by atoms with Gasteiger partial charge in [-0.1, -0.05) is 12.1 Å². The van der Waals surface area contributed by atoms with Crippen LogP contribution in [0.4, 0.5) is 16.2 Å². The number of hydrogen-bond donors (Lipinski definition) is 3. The molecule has 0 aliphatic heterocycles. The highest BCUT2D eigenvalue weighted by molar-refractivity contribution is 5.92. The molecule has 1 heterocycles. The second-order valence-corrected chi connectivity index (χ2v) is 5.98. The fraction of sp³-hybridized carbons (Fsp3) is 0.158. The minimum atomic E-state index is -0.349. The van der Waals surface area contributed by atoms with E-state index >= 15 is 0 Å². The average molecular weight is 365 g/mol. The molecule has 0 radical (unpaired) electrons. The summed E-state index contributed by atoms with van der Waals surface area (Å²) in [5.41, 5.74) is 2.44. The van der Waals surface area contributed by atoms with Crippen LogP contribution in [0.3, 0.4) is 0 Å². The van der Waals surface area contributed by atoms with Crippen molar-refractivity contribution in [2.75, 3.05) is 17.7 Å². The molecule has 3 aromatic rings. The molecule has 0 fully saturated rings. The van der Waals surface area contributed by atoms with Crippen LogP contribution in [-0.2, 0) is 11.3 Å². The number of rotatable bonds is 4. The second-order valence-electron chi connectivity index (χ2n) is 5.98. The van der Waals surface area contributed by atoms with Gasteiger partial charge in [-0.05, 0) is 42.8 Å². The van der Waals surface area contributed by atoms with E-state index in [2.05, 4.69) is 20.9 Å². The maximum atomic E-state index is 12.5. The summed E-state index contributed by atoms with van der Waals surface area (Å²) in [5.74, 6) is -0.349. The van der Waals surface area contributed by atoms with E-state index in [1.54, 1.807) is 36.4 Å². The normalized spacial score (nSPS) is 10.4. The standard InChI is InChI=1S/C19H19N5O3/c1-12-4-3-5-15-17(12)21-11-24(18(15)26)10-16(25)22-13-6-8-14(9-7-13)23-19(27)20-2/h3-9,11H,10H2,1-2H3,(H,22,25)(H2,20,23,27). The fourth-order valence-corrected chi connectivity index (χ4v) is 2.64. The van der Waals surface area contributed by atoms with Gasteiger partial charge in [-0.15, -0.1) is 0 Å². The van der Waals surface area contributed by atoms with Crippen molar-refractivity contribution >= 4 is 34.2 Å². The lowest BCUT2D eigenvalue weighted by Gasteiger charge is -2.10. The summed E-state index contributed by atoms with van der Waals surface area (Å²) in [6.07, 6.45) is 1.38. The summed E-state index contributed by atoms with van der Waals surface area (Å²) in [6, 6.07) is 11.7. The Labute approximate surface area is 155 Å². The van der Waals surface area contributed by atoms with Gasteiger partial charge in [-0.3, -0.25) is 14.2 Å². The Morgan fingerprint density at radius 3 is 2.37 bits per heavy atom. The number of carbonyl (C=O) groups excluding carboxylic acids is 2. The van der Waals surface area contributed by atoms with Crippen molar-refractivity contribution in [3.05, 3.63) is 64.7 Å². The Bertz CT molecular complexity index is 1060. The van der Waals surface area contributed by atoms with Gasteiger partial charge >= 0.3 is 6.03 Å². The molecule has 0 atom stereocenters. The number of aryl methyl sites for hydroxylation is 1. The Morgan fingerprint density at radius 2 is 1.70 bits per heavy atom. The number of anilines is 2. The molecule has 8 heteroatoms. The first-order valence-electron chi connectivity index (χ1n) is 8.31. The fourth-order valence-electron chi connectivity index (χ4n) is 2.64. The molecule has 0 spiro atoms. The molecule has 0 bridgehead atoms. The van der Waals surface area contributed by atoms with Crippen LogP contribution < -0.4 is 21.5 Å². The third-order valence-electron chi connectivity index (χ3n) is 4.02. The quantitative estimate of drug-likeness (QED) is 0.658. The number of benzene rings is 2. The Morgan fingerprint density at radius 1 is 1.04 bits per heavy atom. The molecule has 27 heavy (non-hydrogen) atoms. The highest BCUT2D eigenvalue weighted by Crippen LogP contribution is 2.14. The number of nitrogens with zero attached hydrogens (tertiary/aromatic N) is 2. The first kappa shape index (κ1) is 18.1. The van der Waals surface area contributed by atoms with Crippen molar-refractivity contribution < 1.29 is 9.59 Å². The summed E-state index contributed by atoms with van der Waals surface area (Å²) in [4.78, 5) is 40.4. The number of hydrogen-bond acceptors (Lipinski definition) is 4. The molecule has 1 aromatic heterocycles. The Hall–Kier alpha value is -3.68. The maximum absolute atomic E-state index is 12.5. The zero-order chi connectivity index (χ0) is 19.4. The van der Waals surface area contributed by atoms with Crippen molar-refractivity contribution in [3.8, 4) is 0 Å². The van der Waals surface area contributed by atoms with Crippen molar-refractivity contribution in [2.24, 2.45) is 0 Å². The first-order chi connectivity index (χ1) is 13.0. The highest BCUT2D eigenvalue weighted by atomic mass is 16.2. The predicted molar refractivity (Wildman–Crippen MR) is 104 cm³/mol. The van der Waals surface area contributed by atoms with Crippen LogP contribution in [0.15, 0.2) is 53.6 Å². The minimum Gasteiger partial charge on any atom is -0.341 e. The number of urea groups is 1. The van der Waals surface area contributed by atoms with Crippen LogP contribution in [0, 0.1) is 6.92 Å². The third-order valence-corrected chi connectivity index (χ3v) is 4.02. The predicted octanol–water partition coefficient (Wildman–Crippen LogP) is 2.09. The molecule has 0 saturated carbocycles. The zero-order valence-electron chi connectivity index (χ0n) is 14.9. The molecule has 3 N–H and O–H groups in total. The lowest BCUT2D eigenvalue weighted by molar-refractivity contribution is -0.116. The number of para-hydroxylation sites is 1. The number of nitrogens with one attached hydrogen (secondary N) is 3. The van der Waals surface area contributed by atoms with E-state index in [-0.39, 0.29) is 24.0 Å². The van der Waals surface area contributed by atoms with Crippen molar-refractivity contribution in [1.82, 2.24) is 14.9 Å². The molecule has 0 saturated heterocycles. The highest BCUT2D eigenvalue weighted by Gasteiger charge is 2.09. The van der Waals surface area contributed by atoms with Crippen LogP contribution in [0.1, 0.15) is 5.56 Å². The molecular formula is C19H19N5O3. The molecule has 0 aliphatic rings. The Balaban J connectivity index is 1.71. The summed E-state index contributed by atoms with van der Waals surface area (Å²) in [7, 11) is 1.52. The zero-order valence-corrected chi connectivity index (χ0v) is 14.9. The van der Waals surface area contributed by atoms with E-state index in [0.717, 1.165) is 5.56 Å². The summed E-state index contributed by atoms with van der Waals surface area (Å²) in [6.45, 7) is 1.74. The van der Waals surface area contributed by atoms with E-state index in [0.29, 0.717) is 22.3 Å². The molecule has 3 amide bonds. The lowest BCUT2D eigenvalue weighted by Crippen LogP contribution is -2.28. The van der Waals surface area contributed by atoms with Gasteiger partial charge < -0.3 is 16.0 Å². The SMILES string of the molecule is CNC(=O)Nc1ccc(NC(=O)Cn2cnc3c(C)cccc3c2=O)cc1. The van der Waals surface area contributed by atoms with Gasteiger partial charge in [0.15, 0.2) is 0 Å². The van der Waals surface area contributed by atoms with E-state index in [1.165, 1.54) is 17.9 Å². The maximum Gasteiger partial charge on any atom is 0.318 e. The molecular weight excluding hydrogens is 346 g/mol. The number of fused-ring (bicyclic) bond motifs is 1. The third kappa shape index (κ3) is 4.12. The molecule has 0 unspecified atom stereocenters. The van der Waals surface area contributed by atoms with Gasteiger partial charge in [0.25, 0.3) is 5.56 Å². The monoisotopic (exact) mass is 365 g/mol. The van der Waals surface area contributed by atoms with Crippen LogP contribution in [0.5, 0.6) is 0 Å². The van der Waals surface area contributed by atoms with Crippen LogP contribution in [-0.4, -0.2) is 28.5 Å². The van der Waals surface area contributed by atoms with Crippen LogP contribution in [0.25, 0.3) is 10.9 Å².